The van der Waals surface area contributed by atoms with Gasteiger partial charge in [0.05, 0.1) is 0 Å². The fourth-order valence-electron chi connectivity index (χ4n) is 4.33. The maximum Gasteiger partial charge on any atom is 0.355 e. The van der Waals surface area contributed by atoms with Gasteiger partial charge in [-0.1, -0.05) is 17.8 Å². The molecule has 2 N–H and O–H groups in total. The Bertz CT molecular complexity index is 948. The second-order valence-corrected chi connectivity index (χ2v) is 9.94. The lowest BCUT2D eigenvalue weighted by Crippen LogP contribution is -2.45. The summed E-state index contributed by atoms with van der Waals surface area (Å²) in [5, 5.41) is 20.3. The third kappa shape index (κ3) is 4.48. The van der Waals surface area contributed by atoms with Crippen LogP contribution in [0.25, 0.3) is 0 Å². The molecule has 0 aliphatic carbocycles. The lowest BCUT2D eigenvalue weighted by molar-refractivity contribution is -0.129. The first-order valence-corrected chi connectivity index (χ1v) is 12.0. The number of phenolic OH excluding ortho intramolecular Hbond substituents is 1. The van der Waals surface area contributed by atoms with Crippen LogP contribution in [0.2, 0.25) is 0 Å². The van der Waals surface area contributed by atoms with Gasteiger partial charge in [0.15, 0.2) is 10.0 Å². The molecule has 3 heterocycles. The molecule has 2 atom stereocenters. The molecule has 1 fully saturated rings. The largest absolute Gasteiger partial charge is 0.508 e. The molecule has 7 nitrogen and oxygen atoms in total. The normalized spacial score (nSPS) is 21.8. The van der Waals surface area contributed by atoms with Crippen molar-refractivity contribution in [3.63, 3.8) is 0 Å². The van der Waals surface area contributed by atoms with Crippen LogP contribution in [-0.2, 0) is 11.2 Å². The Hall–Kier alpha value is -2.10. The number of carbonyl (C=O) groups excluding carboxylic acids is 1. The molecule has 1 aromatic carbocycles. The number of nitrogens with zero attached hydrogens (tertiary/aromatic N) is 3. The number of likely N-dealkylation sites (tertiary alicyclic amines) is 1. The quantitative estimate of drug-likeness (QED) is 0.629. The van der Waals surface area contributed by atoms with Crippen molar-refractivity contribution in [1.82, 2.24) is 14.8 Å². The van der Waals surface area contributed by atoms with Gasteiger partial charge in [-0.25, -0.2) is 9.78 Å². The van der Waals surface area contributed by atoms with Crippen LogP contribution in [0.1, 0.15) is 47.4 Å². The molecule has 9 heteroatoms. The van der Waals surface area contributed by atoms with Gasteiger partial charge in [-0.05, 0) is 43.0 Å². The van der Waals surface area contributed by atoms with Crippen LogP contribution < -0.4 is 0 Å². The molecule has 160 valence electrons. The Morgan fingerprint density at radius 2 is 2.20 bits per heavy atom. The van der Waals surface area contributed by atoms with E-state index < -0.39 is 5.97 Å². The standard InChI is InChI=1S/C21H25N3O4S2/c1-13-17-4-3-16(25)10-14(17)6-7-23(13)11-15-2-5-19(26)24(15)8-9-29-21-22-18(12-30-21)20(27)28/h3-4,10,12-13,15,25H,2,5-9,11H2,1H3,(H,27,28)/t13-,15-/m1/s1. The average Bonchev–Trinajstić information content (AvgIpc) is 3.32. The van der Waals surface area contributed by atoms with Crippen molar-refractivity contribution < 1.29 is 19.8 Å². The molecular formula is C21H25N3O4S2. The zero-order valence-electron chi connectivity index (χ0n) is 16.8. The summed E-state index contributed by atoms with van der Waals surface area (Å²) >= 11 is 2.83. The van der Waals surface area contributed by atoms with Crippen LogP contribution >= 0.6 is 23.1 Å². The Morgan fingerprint density at radius 1 is 1.37 bits per heavy atom. The van der Waals surface area contributed by atoms with Crippen molar-refractivity contribution in [3.05, 3.63) is 40.4 Å². The molecular weight excluding hydrogens is 422 g/mol. The molecule has 2 aliphatic rings. The molecule has 30 heavy (non-hydrogen) atoms. The van der Waals surface area contributed by atoms with Crippen LogP contribution in [-0.4, -0.2) is 68.3 Å². The molecule has 1 saturated heterocycles. The van der Waals surface area contributed by atoms with Gasteiger partial charge in [-0.3, -0.25) is 9.69 Å². The van der Waals surface area contributed by atoms with E-state index in [9.17, 15) is 14.7 Å². The zero-order chi connectivity index (χ0) is 21.3. The number of thiazole rings is 1. The summed E-state index contributed by atoms with van der Waals surface area (Å²) in [6.45, 7) is 4.59. The van der Waals surface area contributed by atoms with E-state index in [2.05, 4.69) is 16.8 Å². The maximum absolute atomic E-state index is 12.5. The number of phenols is 1. The van der Waals surface area contributed by atoms with E-state index in [0.717, 1.165) is 30.3 Å². The fraction of sp³-hybridized carbons (Fsp3) is 0.476. The van der Waals surface area contributed by atoms with Crippen molar-refractivity contribution in [2.75, 3.05) is 25.4 Å². The van der Waals surface area contributed by atoms with Gasteiger partial charge in [0.2, 0.25) is 5.91 Å². The summed E-state index contributed by atoms with van der Waals surface area (Å²) in [6, 6.07) is 6.07. The topological polar surface area (TPSA) is 94.0 Å². The first kappa shape index (κ1) is 21.1. The summed E-state index contributed by atoms with van der Waals surface area (Å²) in [7, 11) is 0. The van der Waals surface area contributed by atoms with Crippen LogP contribution in [0.3, 0.4) is 0 Å². The Kier molecular flexibility index (Phi) is 6.31. The minimum atomic E-state index is -1.01. The van der Waals surface area contributed by atoms with E-state index >= 15 is 0 Å². The number of rotatable bonds is 7. The maximum atomic E-state index is 12.5. The molecule has 2 aliphatic heterocycles. The number of hydrogen-bond acceptors (Lipinski definition) is 7. The molecule has 2 aromatic rings. The zero-order valence-corrected chi connectivity index (χ0v) is 18.4. The molecule has 1 amide bonds. The highest BCUT2D eigenvalue weighted by atomic mass is 32.2. The number of carbonyl (C=O) groups is 2. The number of aromatic nitrogens is 1. The number of aromatic hydroxyl groups is 1. The number of aromatic carboxylic acids is 1. The molecule has 0 unspecified atom stereocenters. The van der Waals surface area contributed by atoms with Gasteiger partial charge in [-0.2, -0.15) is 0 Å². The molecule has 0 radical (unpaired) electrons. The highest BCUT2D eigenvalue weighted by molar-refractivity contribution is 8.01. The van der Waals surface area contributed by atoms with Crippen LogP contribution in [0, 0.1) is 0 Å². The first-order chi connectivity index (χ1) is 14.4. The lowest BCUT2D eigenvalue weighted by atomic mass is 9.93. The highest BCUT2D eigenvalue weighted by Crippen LogP contribution is 2.33. The van der Waals surface area contributed by atoms with Crippen molar-refractivity contribution >= 4 is 35.0 Å². The Balaban J connectivity index is 1.35. The van der Waals surface area contributed by atoms with Crippen molar-refractivity contribution in [2.45, 2.75) is 42.6 Å². The van der Waals surface area contributed by atoms with E-state index in [4.69, 9.17) is 5.11 Å². The van der Waals surface area contributed by atoms with Crippen LogP contribution in [0.5, 0.6) is 5.75 Å². The third-order valence-electron chi connectivity index (χ3n) is 5.95. The lowest BCUT2D eigenvalue weighted by Gasteiger charge is -2.38. The van der Waals surface area contributed by atoms with E-state index in [-0.39, 0.29) is 23.7 Å². The minimum absolute atomic E-state index is 0.0744. The number of fused-ring (bicyclic) bond motifs is 1. The van der Waals surface area contributed by atoms with Gasteiger partial charge in [0, 0.05) is 49.3 Å². The summed E-state index contributed by atoms with van der Waals surface area (Å²) < 4.78 is 0.722. The summed E-state index contributed by atoms with van der Waals surface area (Å²) in [5.74, 6) is 0.198. The van der Waals surface area contributed by atoms with Gasteiger partial charge in [0.1, 0.15) is 5.75 Å². The molecule has 0 spiro atoms. The fourth-order valence-corrected chi connectivity index (χ4v) is 6.14. The molecule has 4 rings (SSSR count). The Morgan fingerprint density at radius 3 is 2.97 bits per heavy atom. The monoisotopic (exact) mass is 447 g/mol. The van der Waals surface area contributed by atoms with Crippen LogP contribution in [0.4, 0.5) is 0 Å². The molecule has 0 saturated carbocycles. The predicted octanol–water partition coefficient (Wildman–Crippen LogP) is 3.25. The van der Waals surface area contributed by atoms with E-state index in [1.54, 1.807) is 11.4 Å². The summed E-state index contributed by atoms with van der Waals surface area (Å²) in [6.07, 6.45) is 2.36. The highest BCUT2D eigenvalue weighted by Gasteiger charge is 2.34. The average molecular weight is 448 g/mol. The molecule has 1 aromatic heterocycles. The number of amides is 1. The van der Waals surface area contributed by atoms with Crippen molar-refractivity contribution in [2.24, 2.45) is 0 Å². The van der Waals surface area contributed by atoms with Gasteiger partial charge < -0.3 is 15.1 Å². The van der Waals surface area contributed by atoms with Crippen molar-refractivity contribution in [3.8, 4) is 5.75 Å². The van der Waals surface area contributed by atoms with Gasteiger partial charge >= 0.3 is 5.97 Å². The second kappa shape index (κ2) is 8.95. The van der Waals surface area contributed by atoms with Crippen molar-refractivity contribution in [1.29, 1.82) is 0 Å². The SMILES string of the molecule is C[C@@H]1c2ccc(O)cc2CCN1C[C@H]1CCC(=O)N1CCSc1nc(C(=O)O)cs1. The smallest absolute Gasteiger partial charge is 0.355 e. The van der Waals surface area contributed by atoms with Gasteiger partial charge in [0.25, 0.3) is 0 Å². The van der Waals surface area contributed by atoms with E-state index in [1.807, 2.05) is 17.0 Å². The number of carboxylic acid groups (broad SMARTS) is 1. The second-order valence-electron chi connectivity index (χ2n) is 7.74. The number of thioether (sulfide) groups is 1. The van der Waals surface area contributed by atoms with E-state index in [0.29, 0.717) is 24.5 Å². The number of carboxylic acids is 1. The van der Waals surface area contributed by atoms with Gasteiger partial charge in [-0.15, -0.1) is 11.3 Å². The summed E-state index contributed by atoms with van der Waals surface area (Å²) in [5.41, 5.74) is 2.53. The summed E-state index contributed by atoms with van der Waals surface area (Å²) in [4.78, 5) is 31.9. The van der Waals surface area contributed by atoms with Crippen LogP contribution in [0.15, 0.2) is 27.9 Å². The predicted molar refractivity (Wildman–Crippen MR) is 116 cm³/mol. The number of hydrogen-bond donors (Lipinski definition) is 2. The third-order valence-corrected chi connectivity index (χ3v) is 7.95. The number of benzene rings is 1. The minimum Gasteiger partial charge on any atom is -0.508 e. The Labute approximate surface area is 183 Å². The first-order valence-electron chi connectivity index (χ1n) is 10.1. The van der Waals surface area contributed by atoms with E-state index in [1.165, 1.54) is 34.2 Å². The molecule has 0 bridgehead atoms.